The summed E-state index contributed by atoms with van der Waals surface area (Å²) in [6, 6.07) is 5.74. The van der Waals surface area contributed by atoms with E-state index in [-0.39, 0.29) is 22.5 Å². The van der Waals surface area contributed by atoms with E-state index in [1.54, 1.807) is 0 Å². The lowest BCUT2D eigenvalue weighted by atomic mass is 9.96. The molecule has 0 atom stereocenters. The Labute approximate surface area is 111 Å². The highest BCUT2D eigenvalue weighted by Crippen LogP contribution is 2.38. The van der Waals surface area contributed by atoms with E-state index in [0.717, 1.165) is 18.3 Å². The summed E-state index contributed by atoms with van der Waals surface area (Å²) < 4.78 is 38.9. The van der Waals surface area contributed by atoms with Gasteiger partial charge in [0.05, 0.1) is 11.1 Å². The summed E-state index contributed by atoms with van der Waals surface area (Å²) in [6.07, 6.45) is -3.56. The van der Waals surface area contributed by atoms with Crippen LogP contribution in [0.25, 0.3) is 11.1 Å². The molecule has 0 saturated heterocycles. The predicted octanol–water partition coefficient (Wildman–Crippen LogP) is 3.05. The summed E-state index contributed by atoms with van der Waals surface area (Å²) >= 11 is 0. The molecule has 0 saturated carbocycles. The van der Waals surface area contributed by atoms with Crippen LogP contribution in [-0.4, -0.2) is 16.1 Å². The molecule has 0 aliphatic carbocycles. The summed E-state index contributed by atoms with van der Waals surface area (Å²) in [5.74, 6) is -1.44. The minimum absolute atomic E-state index is 0.0735. The van der Waals surface area contributed by atoms with Crippen LogP contribution in [0.1, 0.15) is 15.9 Å². The minimum Gasteiger partial charge on any atom is -0.478 e. The lowest BCUT2D eigenvalue weighted by molar-refractivity contribution is -0.137. The molecule has 0 unspecified atom stereocenters. The second kappa shape index (κ2) is 4.84. The van der Waals surface area contributed by atoms with Gasteiger partial charge < -0.3 is 10.8 Å². The van der Waals surface area contributed by atoms with Gasteiger partial charge >= 0.3 is 12.1 Å². The number of pyridine rings is 1. The van der Waals surface area contributed by atoms with E-state index in [1.807, 2.05) is 0 Å². The first-order valence-electron chi connectivity index (χ1n) is 5.46. The second-order valence-corrected chi connectivity index (χ2v) is 4.00. The third kappa shape index (κ3) is 2.56. The maximum absolute atomic E-state index is 13.0. The van der Waals surface area contributed by atoms with Crippen LogP contribution < -0.4 is 5.73 Å². The number of halogens is 3. The Kier molecular flexibility index (Phi) is 3.35. The Morgan fingerprint density at radius 2 is 1.85 bits per heavy atom. The molecule has 0 aliphatic heterocycles. The van der Waals surface area contributed by atoms with Crippen molar-refractivity contribution in [2.75, 3.05) is 5.73 Å². The normalized spacial score (nSPS) is 11.3. The Bertz CT molecular complexity index is 669. The van der Waals surface area contributed by atoms with Gasteiger partial charge in [-0.25, -0.2) is 9.78 Å². The number of carboxylic acid groups (broad SMARTS) is 1. The zero-order valence-electron chi connectivity index (χ0n) is 9.98. The van der Waals surface area contributed by atoms with Gasteiger partial charge in [0, 0.05) is 11.8 Å². The van der Waals surface area contributed by atoms with Gasteiger partial charge in [-0.05, 0) is 17.7 Å². The van der Waals surface area contributed by atoms with Crippen LogP contribution in [0.4, 0.5) is 19.0 Å². The molecule has 1 heterocycles. The Hall–Kier alpha value is -2.57. The third-order valence-electron chi connectivity index (χ3n) is 2.68. The van der Waals surface area contributed by atoms with Gasteiger partial charge in [0.25, 0.3) is 0 Å². The van der Waals surface area contributed by atoms with Crippen molar-refractivity contribution in [3.63, 3.8) is 0 Å². The van der Waals surface area contributed by atoms with Crippen molar-refractivity contribution in [3.8, 4) is 11.1 Å². The zero-order chi connectivity index (χ0) is 14.9. The van der Waals surface area contributed by atoms with Gasteiger partial charge in [-0.3, -0.25) is 0 Å². The summed E-state index contributed by atoms with van der Waals surface area (Å²) in [5.41, 5.74) is 3.75. The fourth-order valence-electron chi connectivity index (χ4n) is 1.83. The van der Waals surface area contributed by atoms with E-state index < -0.39 is 17.7 Å². The molecule has 1 aromatic carbocycles. The first-order chi connectivity index (χ1) is 9.30. The molecule has 0 spiro atoms. The second-order valence-electron chi connectivity index (χ2n) is 4.00. The van der Waals surface area contributed by atoms with E-state index in [1.165, 1.54) is 18.2 Å². The number of nitrogens with two attached hydrogens (primary N) is 1. The van der Waals surface area contributed by atoms with E-state index >= 15 is 0 Å². The molecule has 0 radical (unpaired) electrons. The molecule has 0 fully saturated rings. The average Bonchev–Trinajstić information content (AvgIpc) is 2.37. The lowest BCUT2D eigenvalue weighted by Crippen LogP contribution is -2.09. The smallest absolute Gasteiger partial charge is 0.417 e. The van der Waals surface area contributed by atoms with Gasteiger partial charge in [0.1, 0.15) is 5.82 Å². The SMILES string of the molecule is Nc1cc(C(=O)O)c(-c2ccccc2C(F)(F)F)cn1. The van der Waals surface area contributed by atoms with Crippen LogP contribution in [0.15, 0.2) is 36.5 Å². The largest absolute Gasteiger partial charge is 0.478 e. The number of hydrogen-bond donors (Lipinski definition) is 2. The molecule has 3 N–H and O–H groups in total. The maximum Gasteiger partial charge on any atom is 0.417 e. The number of rotatable bonds is 2. The first kappa shape index (κ1) is 13.9. The van der Waals surface area contributed by atoms with Crippen LogP contribution in [-0.2, 0) is 6.18 Å². The van der Waals surface area contributed by atoms with Crippen LogP contribution in [0.3, 0.4) is 0 Å². The molecule has 104 valence electrons. The van der Waals surface area contributed by atoms with Crippen molar-refractivity contribution in [1.29, 1.82) is 0 Å². The topological polar surface area (TPSA) is 76.2 Å². The number of aromatic carboxylic acids is 1. The number of nitrogens with zero attached hydrogens (tertiary/aromatic N) is 1. The van der Waals surface area contributed by atoms with Crippen molar-refractivity contribution in [1.82, 2.24) is 4.98 Å². The number of hydrogen-bond acceptors (Lipinski definition) is 3. The van der Waals surface area contributed by atoms with Gasteiger partial charge in [-0.1, -0.05) is 18.2 Å². The molecular formula is C13H9F3N2O2. The summed E-state index contributed by atoms with van der Waals surface area (Å²) in [7, 11) is 0. The van der Waals surface area contributed by atoms with Gasteiger partial charge in [-0.15, -0.1) is 0 Å². The average molecular weight is 282 g/mol. The zero-order valence-corrected chi connectivity index (χ0v) is 9.98. The van der Waals surface area contributed by atoms with Gasteiger partial charge in [0.2, 0.25) is 0 Å². The van der Waals surface area contributed by atoms with Crippen LogP contribution >= 0.6 is 0 Å². The summed E-state index contributed by atoms with van der Waals surface area (Å²) in [5, 5.41) is 9.08. The molecule has 20 heavy (non-hydrogen) atoms. The van der Waals surface area contributed by atoms with Crippen molar-refractivity contribution in [3.05, 3.63) is 47.7 Å². The van der Waals surface area contributed by atoms with Crippen molar-refractivity contribution in [2.45, 2.75) is 6.18 Å². The molecule has 2 aromatic rings. The van der Waals surface area contributed by atoms with Crippen LogP contribution in [0, 0.1) is 0 Å². The number of anilines is 1. The van der Waals surface area contributed by atoms with E-state index in [4.69, 9.17) is 10.8 Å². The Balaban J connectivity index is 2.73. The number of benzene rings is 1. The summed E-state index contributed by atoms with van der Waals surface area (Å²) in [6.45, 7) is 0. The standard InChI is InChI=1S/C13H9F3N2O2/c14-13(15,16)10-4-2-1-3-7(10)9-6-18-11(17)5-8(9)12(19)20/h1-6H,(H2,17,18)(H,19,20). The quantitative estimate of drug-likeness (QED) is 0.887. The number of aromatic nitrogens is 1. The lowest BCUT2D eigenvalue weighted by Gasteiger charge is -2.14. The molecule has 1 aromatic heterocycles. The van der Waals surface area contributed by atoms with E-state index in [9.17, 15) is 18.0 Å². The third-order valence-corrected chi connectivity index (χ3v) is 2.68. The van der Waals surface area contributed by atoms with E-state index in [2.05, 4.69) is 4.98 Å². The predicted molar refractivity (Wildman–Crippen MR) is 66.0 cm³/mol. The Morgan fingerprint density at radius 1 is 1.20 bits per heavy atom. The number of nitrogen functional groups attached to an aromatic ring is 1. The van der Waals surface area contributed by atoms with Crippen LogP contribution in [0.5, 0.6) is 0 Å². The molecule has 0 aliphatic rings. The van der Waals surface area contributed by atoms with Crippen molar-refractivity contribution >= 4 is 11.8 Å². The molecule has 2 rings (SSSR count). The fourth-order valence-corrected chi connectivity index (χ4v) is 1.83. The molecular weight excluding hydrogens is 273 g/mol. The van der Waals surface area contributed by atoms with Crippen LogP contribution in [0.2, 0.25) is 0 Å². The maximum atomic E-state index is 13.0. The Morgan fingerprint density at radius 3 is 2.45 bits per heavy atom. The molecule has 4 nitrogen and oxygen atoms in total. The summed E-state index contributed by atoms with van der Waals surface area (Å²) in [4.78, 5) is 14.8. The highest BCUT2D eigenvalue weighted by Gasteiger charge is 2.34. The monoisotopic (exact) mass is 282 g/mol. The molecule has 0 amide bonds. The first-order valence-corrected chi connectivity index (χ1v) is 5.46. The number of carboxylic acids is 1. The molecule has 0 bridgehead atoms. The highest BCUT2D eigenvalue weighted by molar-refractivity contribution is 5.97. The number of alkyl halides is 3. The van der Waals surface area contributed by atoms with Gasteiger partial charge in [-0.2, -0.15) is 13.2 Å². The molecule has 7 heteroatoms. The van der Waals surface area contributed by atoms with Crippen molar-refractivity contribution < 1.29 is 23.1 Å². The fraction of sp³-hybridized carbons (Fsp3) is 0.0769. The highest BCUT2D eigenvalue weighted by atomic mass is 19.4. The number of carbonyl (C=O) groups is 1. The van der Waals surface area contributed by atoms with Crippen molar-refractivity contribution in [2.24, 2.45) is 0 Å². The van der Waals surface area contributed by atoms with E-state index in [0.29, 0.717) is 0 Å². The van der Waals surface area contributed by atoms with Gasteiger partial charge in [0.15, 0.2) is 0 Å². The minimum atomic E-state index is -4.59.